The Bertz CT molecular complexity index is 414. The summed E-state index contributed by atoms with van der Waals surface area (Å²) in [7, 11) is 0. The summed E-state index contributed by atoms with van der Waals surface area (Å²) >= 11 is 5.83. The molecule has 0 amide bonds. The SMILES string of the molecule is N#Cc1ccc(S)c(I)c1[N+](=O)[O-]. The second kappa shape index (κ2) is 3.93. The molecule has 1 aromatic rings. The number of hydrogen-bond donors (Lipinski definition) is 1. The van der Waals surface area contributed by atoms with Crippen LogP contribution in [-0.2, 0) is 0 Å². The molecule has 0 fully saturated rings. The molecule has 0 bridgehead atoms. The number of benzene rings is 1. The maximum absolute atomic E-state index is 10.6. The Balaban J connectivity index is 3.53. The summed E-state index contributed by atoms with van der Waals surface area (Å²) < 4.78 is 0.394. The molecule has 4 nitrogen and oxygen atoms in total. The highest BCUT2D eigenvalue weighted by Crippen LogP contribution is 2.29. The van der Waals surface area contributed by atoms with E-state index in [4.69, 9.17) is 5.26 Å². The Morgan fingerprint density at radius 1 is 1.62 bits per heavy atom. The molecule has 0 aliphatic carbocycles. The minimum absolute atomic E-state index is 0.0622. The zero-order valence-electron chi connectivity index (χ0n) is 6.19. The maximum Gasteiger partial charge on any atom is 0.301 e. The van der Waals surface area contributed by atoms with Crippen LogP contribution in [0, 0.1) is 25.0 Å². The fourth-order valence-corrected chi connectivity index (χ4v) is 1.67. The first kappa shape index (κ1) is 10.3. The maximum atomic E-state index is 10.6. The molecule has 0 aromatic heterocycles. The van der Waals surface area contributed by atoms with Crippen LogP contribution in [-0.4, -0.2) is 4.92 Å². The predicted molar refractivity (Wildman–Crippen MR) is 57.8 cm³/mol. The van der Waals surface area contributed by atoms with Crippen LogP contribution >= 0.6 is 35.2 Å². The van der Waals surface area contributed by atoms with Crippen molar-refractivity contribution < 1.29 is 4.92 Å². The molecule has 0 spiro atoms. The average molecular weight is 306 g/mol. The Morgan fingerprint density at radius 3 is 2.69 bits per heavy atom. The molecule has 0 aliphatic heterocycles. The van der Waals surface area contributed by atoms with Gasteiger partial charge in [-0.05, 0) is 34.7 Å². The molecule has 0 unspecified atom stereocenters. The number of nitrogens with zero attached hydrogens (tertiary/aromatic N) is 2. The Morgan fingerprint density at radius 2 is 2.23 bits per heavy atom. The van der Waals surface area contributed by atoms with Gasteiger partial charge in [0.15, 0.2) is 0 Å². The highest BCUT2D eigenvalue weighted by molar-refractivity contribution is 14.1. The lowest BCUT2D eigenvalue weighted by Crippen LogP contribution is -1.96. The van der Waals surface area contributed by atoms with Crippen molar-refractivity contribution in [1.82, 2.24) is 0 Å². The van der Waals surface area contributed by atoms with E-state index < -0.39 is 4.92 Å². The molecule has 0 N–H and O–H groups in total. The molecular weight excluding hydrogens is 303 g/mol. The highest BCUT2D eigenvalue weighted by Gasteiger charge is 2.19. The molecule has 1 aromatic carbocycles. The zero-order chi connectivity index (χ0) is 10.0. The summed E-state index contributed by atoms with van der Waals surface area (Å²) in [4.78, 5) is 10.5. The summed E-state index contributed by atoms with van der Waals surface area (Å²) in [5, 5.41) is 19.2. The van der Waals surface area contributed by atoms with Gasteiger partial charge in [-0.1, -0.05) is 0 Å². The van der Waals surface area contributed by atoms with Crippen LogP contribution in [0.25, 0.3) is 0 Å². The lowest BCUT2D eigenvalue weighted by Gasteiger charge is -1.99. The van der Waals surface area contributed by atoms with Crippen LogP contribution in [0.3, 0.4) is 0 Å². The third-order valence-electron chi connectivity index (χ3n) is 1.40. The topological polar surface area (TPSA) is 66.9 Å². The number of nitro benzene ring substituents is 1. The summed E-state index contributed by atoms with van der Waals surface area (Å²) in [6, 6.07) is 4.72. The van der Waals surface area contributed by atoms with Gasteiger partial charge in [0.25, 0.3) is 0 Å². The van der Waals surface area contributed by atoms with Gasteiger partial charge in [-0.2, -0.15) is 5.26 Å². The van der Waals surface area contributed by atoms with E-state index in [2.05, 4.69) is 12.6 Å². The molecule has 0 saturated heterocycles. The number of halogens is 1. The molecular formula is C7H3IN2O2S. The zero-order valence-corrected chi connectivity index (χ0v) is 9.24. The van der Waals surface area contributed by atoms with Crippen molar-refractivity contribution in [3.05, 3.63) is 31.4 Å². The van der Waals surface area contributed by atoms with Crippen molar-refractivity contribution in [1.29, 1.82) is 5.26 Å². The van der Waals surface area contributed by atoms with Gasteiger partial charge in [-0.15, -0.1) is 12.6 Å². The van der Waals surface area contributed by atoms with Gasteiger partial charge in [0.05, 0.1) is 4.92 Å². The quantitative estimate of drug-likeness (QED) is 0.375. The molecule has 0 heterocycles. The van der Waals surface area contributed by atoms with Crippen molar-refractivity contribution in [2.75, 3.05) is 0 Å². The average Bonchev–Trinajstić information content (AvgIpc) is 2.08. The lowest BCUT2D eigenvalue weighted by atomic mass is 10.2. The van der Waals surface area contributed by atoms with Gasteiger partial charge in [-0.3, -0.25) is 10.1 Å². The summed E-state index contributed by atoms with van der Waals surface area (Å²) in [5.74, 6) is 0. The second-order valence-electron chi connectivity index (χ2n) is 2.16. The smallest absolute Gasteiger partial charge is 0.258 e. The first-order valence-corrected chi connectivity index (χ1v) is 4.66. The van der Waals surface area contributed by atoms with Crippen molar-refractivity contribution in [2.24, 2.45) is 0 Å². The van der Waals surface area contributed by atoms with Gasteiger partial charge in [0.2, 0.25) is 0 Å². The van der Waals surface area contributed by atoms with E-state index in [0.29, 0.717) is 8.47 Å². The fraction of sp³-hybridized carbons (Fsp3) is 0. The molecule has 0 atom stereocenters. The first-order chi connectivity index (χ1) is 6.07. The van der Waals surface area contributed by atoms with Crippen LogP contribution in [0.5, 0.6) is 0 Å². The Hall–Kier alpha value is -0.810. The van der Waals surface area contributed by atoms with Gasteiger partial charge >= 0.3 is 5.69 Å². The molecule has 0 radical (unpaired) electrons. The number of nitriles is 1. The normalized spacial score (nSPS) is 9.31. The van der Waals surface area contributed by atoms with Gasteiger partial charge in [0, 0.05) is 4.90 Å². The van der Waals surface area contributed by atoms with Crippen molar-refractivity contribution in [2.45, 2.75) is 4.90 Å². The van der Waals surface area contributed by atoms with Crippen molar-refractivity contribution >= 4 is 40.9 Å². The molecule has 1 rings (SSSR count). The molecule has 0 aliphatic rings. The Labute approximate surface area is 93.3 Å². The Kier molecular flexibility index (Phi) is 3.11. The van der Waals surface area contributed by atoms with Crippen LogP contribution in [0.4, 0.5) is 5.69 Å². The lowest BCUT2D eigenvalue weighted by molar-refractivity contribution is -0.386. The summed E-state index contributed by atoms with van der Waals surface area (Å²) in [6.07, 6.45) is 0. The van der Waals surface area contributed by atoms with Crippen LogP contribution in [0.2, 0.25) is 0 Å². The number of hydrogen-bond acceptors (Lipinski definition) is 4. The highest BCUT2D eigenvalue weighted by atomic mass is 127. The van der Waals surface area contributed by atoms with Crippen molar-refractivity contribution in [3.8, 4) is 6.07 Å². The second-order valence-corrected chi connectivity index (χ2v) is 3.72. The predicted octanol–water partition coefficient (Wildman–Crippen LogP) is 2.36. The van der Waals surface area contributed by atoms with E-state index in [9.17, 15) is 10.1 Å². The van der Waals surface area contributed by atoms with E-state index in [1.54, 1.807) is 34.7 Å². The monoisotopic (exact) mass is 306 g/mol. The standard InChI is InChI=1S/C7H3IN2O2S/c8-6-5(13)2-1-4(3-9)7(6)10(11)12/h1-2,13H. The molecule has 13 heavy (non-hydrogen) atoms. The molecule has 6 heteroatoms. The number of nitro groups is 1. The number of thiol groups is 1. The van der Waals surface area contributed by atoms with E-state index in [1.807, 2.05) is 0 Å². The summed E-state index contributed by atoms with van der Waals surface area (Å²) in [6.45, 7) is 0. The van der Waals surface area contributed by atoms with Crippen LogP contribution in [0.1, 0.15) is 5.56 Å². The third-order valence-corrected chi connectivity index (χ3v) is 3.29. The summed E-state index contributed by atoms with van der Waals surface area (Å²) in [5.41, 5.74) is -0.109. The first-order valence-electron chi connectivity index (χ1n) is 3.14. The van der Waals surface area contributed by atoms with E-state index in [1.165, 1.54) is 6.07 Å². The number of rotatable bonds is 1. The van der Waals surface area contributed by atoms with Gasteiger partial charge < -0.3 is 0 Å². The van der Waals surface area contributed by atoms with Crippen LogP contribution < -0.4 is 0 Å². The molecule has 0 saturated carbocycles. The van der Waals surface area contributed by atoms with E-state index in [0.717, 1.165) is 0 Å². The minimum Gasteiger partial charge on any atom is -0.258 e. The van der Waals surface area contributed by atoms with Gasteiger partial charge in [0.1, 0.15) is 15.2 Å². The van der Waals surface area contributed by atoms with Crippen molar-refractivity contribution in [3.63, 3.8) is 0 Å². The van der Waals surface area contributed by atoms with Gasteiger partial charge in [-0.25, -0.2) is 0 Å². The third kappa shape index (κ3) is 1.92. The largest absolute Gasteiger partial charge is 0.301 e. The minimum atomic E-state index is -0.569. The van der Waals surface area contributed by atoms with E-state index >= 15 is 0 Å². The van der Waals surface area contributed by atoms with E-state index in [-0.39, 0.29) is 11.3 Å². The molecule has 66 valence electrons. The fourth-order valence-electron chi connectivity index (χ4n) is 0.823. The van der Waals surface area contributed by atoms with Crippen LogP contribution in [0.15, 0.2) is 17.0 Å².